The molecule has 15 heteroatoms. The molecule has 3 N–H and O–H groups in total. The zero-order valence-electron chi connectivity index (χ0n) is 19.3. The zero-order valence-corrected chi connectivity index (χ0v) is 20.0. The van der Waals surface area contributed by atoms with Gasteiger partial charge in [0.1, 0.15) is 17.3 Å². The van der Waals surface area contributed by atoms with Crippen LogP contribution >= 0.6 is 11.6 Å². The number of hydrogen-bond acceptors (Lipinski definition) is 5. The van der Waals surface area contributed by atoms with E-state index in [1.165, 1.54) is 24.3 Å². The first-order valence-corrected chi connectivity index (χ1v) is 11.7. The predicted molar refractivity (Wildman–Crippen MR) is 120 cm³/mol. The van der Waals surface area contributed by atoms with Crippen molar-refractivity contribution in [1.82, 2.24) is 10.6 Å². The number of ether oxygens (including phenoxy) is 3. The summed E-state index contributed by atoms with van der Waals surface area (Å²) in [5.74, 6) is -2.14. The van der Waals surface area contributed by atoms with Crippen LogP contribution in [0.3, 0.4) is 0 Å². The van der Waals surface area contributed by atoms with Crippen LogP contribution in [0.4, 0.5) is 41.2 Å². The molecule has 2 fully saturated rings. The number of piperidine rings is 1. The minimum Gasteiger partial charge on any atom is -0.473 e. The molecule has 0 radical (unpaired) electrons. The number of carbonyl (C=O) groups is 1. The van der Waals surface area contributed by atoms with E-state index < -0.39 is 59.2 Å². The molecule has 2 heterocycles. The lowest BCUT2D eigenvalue weighted by atomic mass is 9.85. The Morgan fingerprint density at radius 2 is 1.82 bits per heavy atom. The van der Waals surface area contributed by atoms with Crippen LogP contribution in [0.25, 0.3) is 0 Å². The standard InChI is InChI=1S/C23H21ClF7N3O4/c24-18-8-7-16(33-20(35)32-15-6-5-12(11-14(15)25)38-23(29,30)31)19(34-18)37-17-4-2-1-3-13(17)21(9-10-36-21)22(26,27)28/h1-6,11,16,18-19,34H,7-10H2,(H2,32,33,35). The van der Waals surface area contributed by atoms with Crippen LogP contribution in [0.2, 0.25) is 0 Å². The SMILES string of the molecule is O=C(Nc1ccc(OC(F)(F)F)cc1F)NC1CCC(Cl)NC1Oc1ccccc1C1(C(F)(F)F)CCO1. The summed E-state index contributed by atoms with van der Waals surface area (Å²) in [6, 6.07) is 5.84. The van der Waals surface area contributed by atoms with Gasteiger partial charge in [0.15, 0.2) is 11.8 Å². The molecule has 4 unspecified atom stereocenters. The van der Waals surface area contributed by atoms with Crippen molar-refractivity contribution in [2.45, 2.75) is 55.2 Å². The Labute approximate surface area is 216 Å². The van der Waals surface area contributed by atoms with Crippen molar-refractivity contribution in [2.24, 2.45) is 0 Å². The molecule has 2 aromatic rings. The number of urea groups is 1. The van der Waals surface area contributed by atoms with Crippen molar-refractivity contribution in [1.29, 1.82) is 0 Å². The predicted octanol–water partition coefficient (Wildman–Crippen LogP) is 5.75. The second kappa shape index (κ2) is 10.7. The second-order valence-corrected chi connectivity index (χ2v) is 9.09. The lowest BCUT2D eigenvalue weighted by Crippen LogP contribution is -2.59. The van der Waals surface area contributed by atoms with E-state index >= 15 is 0 Å². The van der Waals surface area contributed by atoms with E-state index in [-0.39, 0.29) is 30.8 Å². The molecule has 2 aliphatic heterocycles. The maximum absolute atomic E-state index is 14.2. The number of carbonyl (C=O) groups excluding carboxylic acids is 1. The molecule has 208 valence electrons. The monoisotopic (exact) mass is 571 g/mol. The molecule has 0 bridgehead atoms. The fourth-order valence-corrected chi connectivity index (χ4v) is 4.42. The van der Waals surface area contributed by atoms with Crippen LogP contribution in [0, 0.1) is 5.82 Å². The van der Waals surface area contributed by atoms with E-state index in [4.69, 9.17) is 21.1 Å². The average Bonchev–Trinajstić information content (AvgIpc) is 2.76. The maximum atomic E-state index is 14.2. The topological polar surface area (TPSA) is 80.9 Å². The van der Waals surface area contributed by atoms with Gasteiger partial charge in [0.2, 0.25) is 0 Å². The smallest absolute Gasteiger partial charge is 0.473 e. The van der Waals surface area contributed by atoms with E-state index in [9.17, 15) is 35.5 Å². The summed E-state index contributed by atoms with van der Waals surface area (Å²) in [6.07, 6.45) is -10.5. The Hall–Kier alpha value is -2.97. The molecule has 0 aromatic heterocycles. The Bertz CT molecular complexity index is 1160. The summed E-state index contributed by atoms with van der Waals surface area (Å²) in [4.78, 5) is 12.6. The lowest BCUT2D eigenvalue weighted by molar-refractivity contribution is -0.334. The number of amides is 2. The second-order valence-electron chi connectivity index (χ2n) is 8.56. The largest absolute Gasteiger partial charge is 0.573 e. The molecule has 7 nitrogen and oxygen atoms in total. The van der Waals surface area contributed by atoms with Crippen LogP contribution in [-0.2, 0) is 10.3 Å². The van der Waals surface area contributed by atoms with E-state index in [1.54, 1.807) is 0 Å². The van der Waals surface area contributed by atoms with Crippen molar-refractivity contribution in [3.63, 3.8) is 0 Å². The van der Waals surface area contributed by atoms with Gasteiger partial charge in [0.05, 0.1) is 23.8 Å². The van der Waals surface area contributed by atoms with Crippen LogP contribution < -0.4 is 25.4 Å². The first kappa shape index (κ1) is 28.0. The van der Waals surface area contributed by atoms with Crippen molar-refractivity contribution in [3.8, 4) is 11.5 Å². The van der Waals surface area contributed by atoms with Gasteiger partial charge in [-0.05, 0) is 31.0 Å². The van der Waals surface area contributed by atoms with Crippen LogP contribution in [0.15, 0.2) is 42.5 Å². The Kier molecular flexibility index (Phi) is 7.86. The maximum Gasteiger partial charge on any atom is 0.573 e. The molecule has 2 saturated heterocycles. The third kappa shape index (κ3) is 6.18. The van der Waals surface area contributed by atoms with Gasteiger partial charge in [-0.1, -0.05) is 18.2 Å². The fraction of sp³-hybridized carbons (Fsp3) is 0.435. The molecule has 0 saturated carbocycles. The van der Waals surface area contributed by atoms with E-state index in [1.807, 2.05) is 0 Å². The van der Waals surface area contributed by atoms with E-state index in [0.717, 1.165) is 12.1 Å². The molecule has 2 amide bonds. The lowest BCUT2D eigenvalue weighted by Gasteiger charge is -2.44. The molecule has 38 heavy (non-hydrogen) atoms. The number of nitrogens with one attached hydrogen (secondary N) is 3. The number of hydrogen-bond donors (Lipinski definition) is 3. The molecule has 2 aliphatic rings. The fourth-order valence-electron chi connectivity index (χ4n) is 4.17. The van der Waals surface area contributed by atoms with Gasteiger partial charge in [-0.2, -0.15) is 13.2 Å². The highest BCUT2D eigenvalue weighted by Crippen LogP contribution is 2.52. The highest BCUT2D eigenvalue weighted by molar-refractivity contribution is 6.20. The Balaban J connectivity index is 1.48. The molecule has 2 aromatic carbocycles. The van der Waals surface area contributed by atoms with Gasteiger partial charge in [-0.3, -0.25) is 5.32 Å². The highest BCUT2D eigenvalue weighted by atomic mass is 35.5. The minimum atomic E-state index is -5.02. The zero-order chi connectivity index (χ0) is 27.7. The number of alkyl halides is 7. The minimum absolute atomic E-state index is 0.0799. The molecular weight excluding hydrogens is 551 g/mol. The summed E-state index contributed by atoms with van der Waals surface area (Å²) in [6.45, 7) is -0.0799. The van der Waals surface area contributed by atoms with Gasteiger partial charge in [-0.15, -0.1) is 24.8 Å². The molecule has 4 atom stereocenters. The van der Waals surface area contributed by atoms with E-state index in [2.05, 4.69) is 20.7 Å². The van der Waals surface area contributed by atoms with Crippen molar-refractivity contribution in [3.05, 3.63) is 53.8 Å². The van der Waals surface area contributed by atoms with Crippen LogP contribution in [0.1, 0.15) is 24.8 Å². The first-order valence-electron chi connectivity index (χ1n) is 11.3. The Morgan fingerprint density at radius 1 is 1.11 bits per heavy atom. The van der Waals surface area contributed by atoms with Crippen molar-refractivity contribution >= 4 is 23.3 Å². The number of benzene rings is 2. The van der Waals surface area contributed by atoms with Gasteiger partial charge >= 0.3 is 18.6 Å². The molecular formula is C23H21ClF7N3O4. The molecule has 0 spiro atoms. The highest BCUT2D eigenvalue weighted by Gasteiger charge is 2.62. The molecule has 4 rings (SSSR count). The summed E-state index contributed by atoms with van der Waals surface area (Å²) < 4.78 is 107. The summed E-state index contributed by atoms with van der Waals surface area (Å²) in [5.41, 5.74) is -3.82. The molecule has 0 aliphatic carbocycles. The number of anilines is 1. The van der Waals surface area contributed by atoms with Crippen molar-refractivity contribution in [2.75, 3.05) is 11.9 Å². The van der Waals surface area contributed by atoms with Gasteiger partial charge in [0.25, 0.3) is 0 Å². The van der Waals surface area contributed by atoms with E-state index in [0.29, 0.717) is 12.5 Å². The Morgan fingerprint density at radius 3 is 2.42 bits per heavy atom. The van der Waals surface area contributed by atoms with Gasteiger partial charge in [0, 0.05) is 18.1 Å². The van der Waals surface area contributed by atoms with Gasteiger partial charge < -0.3 is 24.8 Å². The summed E-state index contributed by atoms with van der Waals surface area (Å²) in [7, 11) is 0. The summed E-state index contributed by atoms with van der Waals surface area (Å²) >= 11 is 6.17. The number of para-hydroxylation sites is 1. The number of rotatable bonds is 6. The third-order valence-corrected chi connectivity index (χ3v) is 6.36. The normalized spacial score (nSPS) is 25.7. The number of halogens is 8. The van der Waals surface area contributed by atoms with Gasteiger partial charge in [-0.25, -0.2) is 9.18 Å². The summed E-state index contributed by atoms with van der Waals surface area (Å²) in [5, 5.41) is 7.56. The third-order valence-electron chi connectivity index (χ3n) is 6.02. The van der Waals surface area contributed by atoms with Crippen LogP contribution in [0.5, 0.6) is 11.5 Å². The van der Waals surface area contributed by atoms with Crippen molar-refractivity contribution < 1.29 is 49.7 Å². The average molecular weight is 572 g/mol. The quantitative estimate of drug-likeness (QED) is 0.234. The first-order chi connectivity index (χ1) is 17.8. The van der Waals surface area contributed by atoms with Crippen LogP contribution in [-0.4, -0.2) is 42.9 Å².